The highest BCUT2D eigenvalue weighted by Crippen LogP contribution is 2.14. The Morgan fingerprint density at radius 1 is 1.35 bits per heavy atom. The third kappa shape index (κ3) is 5.22. The molecule has 0 spiro atoms. The molecule has 1 aromatic rings. The minimum absolute atomic E-state index is 0. The van der Waals surface area contributed by atoms with E-state index < -0.39 is 0 Å². The Balaban J connectivity index is 0.00000180. The van der Waals surface area contributed by atoms with E-state index in [-0.39, 0.29) is 36.6 Å². The van der Waals surface area contributed by atoms with E-state index >= 15 is 0 Å². The third-order valence-electron chi connectivity index (χ3n) is 3.42. The quantitative estimate of drug-likeness (QED) is 0.910. The first-order chi connectivity index (χ1) is 8.70. The monoisotopic (exact) mass is 339 g/mol. The molecule has 7 heteroatoms. The van der Waals surface area contributed by atoms with E-state index in [0.717, 1.165) is 32.7 Å². The minimum atomic E-state index is -0.0474. The van der Waals surface area contributed by atoms with Crippen molar-refractivity contribution in [1.82, 2.24) is 9.80 Å². The zero-order chi connectivity index (χ0) is 13.0. The van der Waals surface area contributed by atoms with Gasteiger partial charge in [0.2, 0.25) is 5.91 Å². The van der Waals surface area contributed by atoms with Gasteiger partial charge in [-0.15, -0.1) is 36.2 Å². The molecule has 2 rings (SSSR count). The van der Waals surface area contributed by atoms with Crippen molar-refractivity contribution in [2.45, 2.75) is 13.5 Å². The molecule has 0 bridgehead atoms. The van der Waals surface area contributed by atoms with Crippen LogP contribution in [0.3, 0.4) is 0 Å². The van der Waals surface area contributed by atoms with Crippen LogP contribution < -0.4 is 5.73 Å². The molecule has 0 aromatic carbocycles. The number of carbonyl (C=O) groups is 1. The molecule has 1 saturated heterocycles. The van der Waals surface area contributed by atoms with Gasteiger partial charge < -0.3 is 10.6 Å². The lowest BCUT2D eigenvalue weighted by Crippen LogP contribution is -2.50. The molecular formula is C13H23Cl2N3OS. The number of hydrogen-bond donors (Lipinski definition) is 1. The lowest BCUT2D eigenvalue weighted by molar-refractivity contribution is -0.136. The molecule has 1 aliphatic heterocycles. The molecule has 1 fully saturated rings. The second-order valence-corrected chi connectivity index (χ2v) is 5.85. The van der Waals surface area contributed by atoms with Crippen molar-refractivity contribution < 1.29 is 4.79 Å². The molecule has 2 N–H and O–H groups in total. The summed E-state index contributed by atoms with van der Waals surface area (Å²) in [6.45, 7) is 6.92. The van der Waals surface area contributed by atoms with Crippen LogP contribution in [-0.2, 0) is 11.3 Å². The van der Waals surface area contributed by atoms with Crippen molar-refractivity contribution in [3.63, 3.8) is 0 Å². The molecule has 0 aliphatic carbocycles. The fourth-order valence-corrected chi connectivity index (χ4v) is 2.91. The number of piperazine rings is 1. The van der Waals surface area contributed by atoms with Crippen molar-refractivity contribution in [1.29, 1.82) is 0 Å². The van der Waals surface area contributed by atoms with Crippen LogP contribution in [0.25, 0.3) is 0 Å². The topological polar surface area (TPSA) is 49.6 Å². The summed E-state index contributed by atoms with van der Waals surface area (Å²) >= 11 is 1.79. The van der Waals surface area contributed by atoms with Gasteiger partial charge in [-0.05, 0) is 11.4 Å². The number of thiophene rings is 1. The first-order valence-electron chi connectivity index (χ1n) is 6.44. The highest BCUT2D eigenvalue weighted by molar-refractivity contribution is 7.09. The minimum Gasteiger partial charge on any atom is -0.340 e. The summed E-state index contributed by atoms with van der Waals surface area (Å²) in [5, 5.41) is 2.11. The second kappa shape index (κ2) is 9.58. The predicted octanol–water partition coefficient (Wildman–Crippen LogP) is 1.83. The van der Waals surface area contributed by atoms with Crippen LogP contribution in [0.15, 0.2) is 17.5 Å². The van der Waals surface area contributed by atoms with Crippen molar-refractivity contribution in [2.24, 2.45) is 11.7 Å². The summed E-state index contributed by atoms with van der Waals surface area (Å²) in [6, 6.07) is 4.25. The molecule has 1 amide bonds. The fourth-order valence-electron chi connectivity index (χ4n) is 2.16. The zero-order valence-electron chi connectivity index (χ0n) is 11.7. The number of hydrogen-bond acceptors (Lipinski definition) is 4. The lowest BCUT2D eigenvalue weighted by Gasteiger charge is -2.35. The molecule has 1 atom stereocenters. The fraction of sp³-hybridized carbons (Fsp3) is 0.615. The van der Waals surface area contributed by atoms with Gasteiger partial charge in [0.05, 0.1) is 0 Å². The normalized spacial score (nSPS) is 17.0. The molecule has 116 valence electrons. The summed E-state index contributed by atoms with van der Waals surface area (Å²) < 4.78 is 0. The van der Waals surface area contributed by atoms with E-state index in [1.807, 2.05) is 11.8 Å². The maximum atomic E-state index is 12.0. The van der Waals surface area contributed by atoms with E-state index in [1.54, 1.807) is 11.3 Å². The SMILES string of the molecule is CC(CN)C(=O)N1CCN(Cc2cccs2)CC1.Cl.Cl. The molecule has 20 heavy (non-hydrogen) atoms. The molecular weight excluding hydrogens is 317 g/mol. The van der Waals surface area contributed by atoms with Crippen LogP contribution in [-0.4, -0.2) is 48.4 Å². The Kier molecular flexibility index (Phi) is 9.42. The number of nitrogens with two attached hydrogens (primary N) is 1. The molecule has 1 aromatic heterocycles. The highest BCUT2D eigenvalue weighted by atomic mass is 35.5. The summed E-state index contributed by atoms with van der Waals surface area (Å²) in [5.74, 6) is 0.155. The molecule has 1 unspecified atom stereocenters. The van der Waals surface area contributed by atoms with Crippen LogP contribution in [0.4, 0.5) is 0 Å². The van der Waals surface area contributed by atoms with Gasteiger partial charge in [-0.3, -0.25) is 9.69 Å². The standard InChI is InChI=1S/C13H21N3OS.2ClH/c1-11(9-14)13(17)16-6-4-15(5-7-16)10-12-3-2-8-18-12;;/h2-3,8,11H,4-7,9-10,14H2,1H3;2*1H. The molecule has 0 saturated carbocycles. The number of carbonyl (C=O) groups excluding carboxylic acids is 1. The second-order valence-electron chi connectivity index (χ2n) is 4.82. The average Bonchev–Trinajstić information content (AvgIpc) is 2.91. The number of rotatable bonds is 4. The number of amides is 1. The van der Waals surface area contributed by atoms with Crippen molar-refractivity contribution in [3.05, 3.63) is 22.4 Å². The molecule has 2 heterocycles. The summed E-state index contributed by atoms with van der Waals surface area (Å²) in [7, 11) is 0. The zero-order valence-corrected chi connectivity index (χ0v) is 14.1. The highest BCUT2D eigenvalue weighted by Gasteiger charge is 2.24. The predicted molar refractivity (Wildman–Crippen MR) is 88.9 cm³/mol. The Morgan fingerprint density at radius 2 is 2.00 bits per heavy atom. The van der Waals surface area contributed by atoms with E-state index in [4.69, 9.17) is 5.73 Å². The van der Waals surface area contributed by atoms with Crippen LogP contribution in [0.5, 0.6) is 0 Å². The first kappa shape index (κ1) is 19.7. The van der Waals surface area contributed by atoms with Gasteiger partial charge in [0.1, 0.15) is 0 Å². The summed E-state index contributed by atoms with van der Waals surface area (Å²) in [4.78, 5) is 17.7. The summed E-state index contributed by atoms with van der Waals surface area (Å²) in [6.07, 6.45) is 0. The smallest absolute Gasteiger partial charge is 0.226 e. The average molecular weight is 340 g/mol. The van der Waals surface area contributed by atoms with Gasteiger partial charge in [0.15, 0.2) is 0 Å². The molecule has 1 aliphatic rings. The van der Waals surface area contributed by atoms with Gasteiger partial charge in [-0.25, -0.2) is 0 Å². The maximum Gasteiger partial charge on any atom is 0.226 e. The molecule has 0 radical (unpaired) electrons. The van der Waals surface area contributed by atoms with Crippen molar-refractivity contribution in [2.75, 3.05) is 32.7 Å². The Bertz CT molecular complexity index is 381. The van der Waals surface area contributed by atoms with Crippen LogP contribution in [0.1, 0.15) is 11.8 Å². The van der Waals surface area contributed by atoms with Crippen molar-refractivity contribution >= 4 is 42.1 Å². The van der Waals surface area contributed by atoms with Gasteiger partial charge in [0, 0.05) is 50.1 Å². The van der Waals surface area contributed by atoms with Gasteiger partial charge >= 0.3 is 0 Å². The Morgan fingerprint density at radius 3 is 2.50 bits per heavy atom. The van der Waals surface area contributed by atoms with Gasteiger partial charge in [-0.1, -0.05) is 13.0 Å². The van der Waals surface area contributed by atoms with E-state index in [2.05, 4.69) is 22.4 Å². The van der Waals surface area contributed by atoms with E-state index in [1.165, 1.54) is 4.88 Å². The maximum absolute atomic E-state index is 12.0. The Hall–Kier alpha value is -0.330. The summed E-state index contributed by atoms with van der Waals surface area (Å²) in [5.41, 5.74) is 5.54. The van der Waals surface area contributed by atoms with E-state index in [0.29, 0.717) is 6.54 Å². The first-order valence-corrected chi connectivity index (χ1v) is 7.32. The van der Waals surface area contributed by atoms with Crippen LogP contribution >= 0.6 is 36.2 Å². The van der Waals surface area contributed by atoms with E-state index in [9.17, 15) is 4.79 Å². The van der Waals surface area contributed by atoms with Crippen LogP contribution in [0, 0.1) is 5.92 Å². The molecule has 4 nitrogen and oxygen atoms in total. The largest absolute Gasteiger partial charge is 0.340 e. The third-order valence-corrected chi connectivity index (χ3v) is 4.28. The number of nitrogens with zero attached hydrogens (tertiary/aromatic N) is 2. The van der Waals surface area contributed by atoms with Gasteiger partial charge in [-0.2, -0.15) is 0 Å². The van der Waals surface area contributed by atoms with Crippen LogP contribution in [0.2, 0.25) is 0 Å². The van der Waals surface area contributed by atoms with Gasteiger partial charge in [0.25, 0.3) is 0 Å². The Labute approximate surface area is 137 Å². The lowest BCUT2D eigenvalue weighted by atomic mass is 10.1. The number of halogens is 2. The van der Waals surface area contributed by atoms with Crippen molar-refractivity contribution in [3.8, 4) is 0 Å².